The molecular weight excluding hydrogens is 318 g/mol. The minimum atomic E-state index is -0.00123. The van der Waals surface area contributed by atoms with E-state index >= 15 is 0 Å². The van der Waals surface area contributed by atoms with Crippen molar-refractivity contribution >= 4 is 5.91 Å². The fourth-order valence-corrected chi connectivity index (χ4v) is 3.70. The number of methoxy groups -OCH3 is 1. The van der Waals surface area contributed by atoms with Crippen LogP contribution in [-0.4, -0.2) is 61.6 Å². The number of benzene rings is 1. The van der Waals surface area contributed by atoms with Gasteiger partial charge >= 0.3 is 0 Å². The molecule has 6 heteroatoms. The standard InChI is InChI=1S/C19H25N3O3/c1-24-18-11-15(12-20)6-7-17(18)25-14-19(23)22-10-4-5-16(22)13-21-8-2-3-9-21/h6-7,11,16H,2-5,8-10,13-14H2,1H3. The van der Waals surface area contributed by atoms with Crippen molar-refractivity contribution in [2.24, 2.45) is 0 Å². The van der Waals surface area contributed by atoms with Crippen molar-refractivity contribution in [2.45, 2.75) is 31.7 Å². The Balaban J connectivity index is 1.57. The molecule has 0 N–H and O–H groups in total. The van der Waals surface area contributed by atoms with Crippen LogP contribution in [0.15, 0.2) is 18.2 Å². The van der Waals surface area contributed by atoms with Crippen molar-refractivity contribution in [2.75, 3.05) is 39.9 Å². The van der Waals surface area contributed by atoms with Gasteiger partial charge in [0.05, 0.1) is 18.7 Å². The van der Waals surface area contributed by atoms with E-state index in [-0.39, 0.29) is 12.5 Å². The van der Waals surface area contributed by atoms with Gasteiger partial charge in [-0.1, -0.05) is 0 Å². The van der Waals surface area contributed by atoms with Crippen LogP contribution in [0.3, 0.4) is 0 Å². The summed E-state index contributed by atoms with van der Waals surface area (Å²) in [7, 11) is 1.53. The van der Waals surface area contributed by atoms with Gasteiger partial charge < -0.3 is 19.3 Å². The third kappa shape index (κ3) is 4.23. The Morgan fingerprint density at radius 2 is 2.04 bits per heavy atom. The molecule has 0 spiro atoms. The number of amides is 1. The Morgan fingerprint density at radius 1 is 1.24 bits per heavy atom. The van der Waals surface area contributed by atoms with E-state index in [4.69, 9.17) is 14.7 Å². The highest BCUT2D eigenvalue weighted by atomic mass is 16.5. The summed E-state index contributed by atoms with van der Waals surface area (Å²) in [6.45, 7) is 4.09. The molecule has 0 aliphatic carbocycles. The smallest absolute Gasteiger partial charge is 0.260 e. The van der Waals surface area contributed by atoms with Gasteiger partial charge in [0.25, 0.3) is 5.91 Å². The Kier molecular flexibility index (Phi) is 5.77. The van der Waals surface area contributed by atoms with Gasteiger partial charge in [-0.25, -0.2) is 0 Å². The van der Waals surface area contributed by atoms with E-state index in [1.165, 1.54) is 20.0 Å². The first-order valence-corrected chi connectivity index (χ1v) is 8.94. The van der Waals surface area contributed by atoms with E-state index in [2.05, 4.69) is 11.0 Å². The molecule has 25 heavy (non-hydrogen) atoms. The third-order valence-electron chi connectivity index (χ3n) is 5.01. The predicted molar refractivity (Wildman–Crippen MR) is 93.6 cm³/mol. The highest BCUT2D eigenvalue weighted by Gasteiger charge is 2.31. The van der Waals surface area contributed by atoms with Crippen LogP contribution in [0, 0.1) is 11.3 Å². The average Bonchev–Trinajstić information content (AvgIpc) is 3.32. The molecule has 2 fully saturated rings. The van der Waals surface area contributed by atoms with E-state index in [0.29, 0.717) is 23.1 Å². The molecule has 0 bridgehead atoms. The highest BCUT2D eigenvalue weighted by molar-refractivity contribution is 5.78. The van der Waals surface area contributed by atoms with Gasteiger partial charge in [0.2, 0.25) is 0 Å². The summed E-state index contributed by atoms with van der Waals surface area (Å²) >= 11 is 0. The van der Waals surface area contributed by atoms with Crippen LogP contribution >= 0.6 is 0 Å². The molecule has 6 nitrogen and oxygen atoms in total. The lowest BCUT2D eigenvalue weighted by molar-refractivity contribution is -0.134. The van der Waals surface area contributed by atoms with Crippen LogP contribution in [0.4, 0.5) is 0 Å². The summed E-state index contributed by atoms with van der Waals surface area (Å²) < 4.78 is 10.9. The summed E-state index contributed by atoms with van der Waals surface area (Å²) in [6.07, 6.45) is 4.66. The van der Waals surface area contributed by atoms with E-state index in [1.54, 1.807) is 18.2 Å². The topological polar surface area (TPSA) is 65.8 Å². The maximum atomic E-state index is 12.6. The van der Waals surface area contributed by atoms with E-state index in [9.17, 15) is 4.79 Å². The molecule has 3 rings (SSSR count). The van der Waals surface area contributed by atoms with Crippen molar-refractivity contribution in [3.8, 4) is 17.6 Å². The van der Waals surface area contributed by atoms with Crippen molar-refractivity contribution in [1.29, 1.82) is 5.26 Å². The second-order valence-corrected chi connectivity index (χ2v) is 6.66. The summed E-state index contributed by atoms with van der Waals surface area (Å²) in [5.74, 6) is 0.986. The minimum absolute atomic E-state index is 0.00123. The molecule has 1 aromatic carbocycles. The summed E-state index contributed by atoms with van der Waals surface area (Å²) in [6, 6.07) is 7.32. The van der Waals surface area contributed by atoms with Gasteiger partial charge in [-0.05, 0) is 50.9 Å². The van der Waals surface area contributed by atoms with Gasteiger partial charge in [0.15, 0.2) is 18.1 Å². The summed E-state index contributed by atoms with van der Waals surface area (Å²) in [5.41, 5.74) is 0.501. The number of carbonyl (C=O) groups is 1. The molecule has 1 unspecified atom stereocenters. The van der Waals surface area contributed by atoms with Gasteiger partial charge in [0, 0.05) is 25.2 Å². The maximum absolute atomic E-state index is 12.6. The van der Waals surface area contributed by atoms with Crippen LogP contribution in [0.2, 0.25) is 0 Å². The SMILES string of the molecule is COc1cc(C#N)ccc1OCC(=O)N1CCCC1CN1CCCC1. The second kappa shape index (κ2) is 8.21. The molecule has 1 aromatic rings. The van der Waals surface area contributed by atoms with Crippen LogP contribution in [0.25, 0.3) is 0 Å². The van der Waals surface area contributed by atoms with Crippen molar-refractivity contribution in [3.05, 3.63) is 23.8 Å². The highest BCUT2D eigenvalue weighted by Crippen LogP contribution is 2.28. The zero-order chi connectivity index (χ0) is 17.6. The third-order valence-corrected chi connectivity index (χ3v) is 5.01. The Hall–Kier alpha value is -2.26. The van der Waals surface area contributed by atoms with Gasteiger partial charge in [-0.3, -0.25) is 4.79 Å². The molecule has 2 aliphatic rings. The predicted octanol–water partition coefficient (Wildman–Crippen LogP) is 2.03. The van der Waals surface area contributed by atoms with E-state index in [0.717, 1.165) is 39.0 Å². The first-order chi connectivity index (χ1) is 12.2. The van der Waals surface area contributed by atoms with Gasteiger partial charge in [-0.2, -0.15) is 5.26 Å². The Morgan fingerprint density at radius 3 is 2.76 bits per heavy atom. The van der Waals surface area contributed by atoms with Crippen molar-refractivity contribution in [1.82, 2.24) is 9.80 Å². The largest absolute Gasteiger partial charge is 0.493 e. The van der Waals surface area contributed by atoms with Crippen LogP contribution in [0.5, 0.6) is 11.5 Å². The van der Waals surface area contributed by atoms with E-state index in [1.807, 2.05) is 4.90 Å². The zero-order valence-corrected chi connectivity index (χ0v) is 14.7. The fraction of sp³-hybridized carbons (Fsp3) is 0.579. The van der Waals surface area contributed by atoms with Gasteiger partial charge in [-0.15, -0.1) is 0 Å². The minimum Gasteiger partial charge on any atom is -0.493 e. The van der Waals surface area contributed by atoms with Crippen LogP contribution in [0.1, 0.15) is 31.2 Å². The first kappa shape index (κ1) is 17.6. The molecule has 2 saturated heterocycles. The summed E-state index contributed by atoms with van der Waals surface area (Å²) in [5, 5.41) is 8.95. The number of nitriles is 1. The van der Waals surface area contributed by atoms with Crippen LogP contribution < -0.4 is 9.47 Å². The van der Waals surface area contributed by atoms with Crippen LogP contribution in [-0.2, 0) is 4.79 Å². The molecule has 134 valence electrons. The maximum Gasteiger partial charge on any atom is 0.260 e. The number of likely N-dealkylation sites (tertiary alicyclic amines) is 2. The lowest BCUT2D eigenvalue weighted by Gasteiger charge is -2.28. The number of carbonyl (C=O) groups excluding carboxylic acids is 1. The monoisotopic (exact) mass is 343 g/mol. The molecule has 0 saturated carbocycles. The Labute approximate surface area is 148 Å². The average molecular weight is 343 g/mol. The lowest BCUT2D eigenvalue weighted by atomic mass is 10.2. The summed E-state index contributed by atoms with van der Waals surface area (Å²) in [4.78, 5) is 17.0. The zero-order valence-electron chi connectivity index (χ0n) is 14.7. The van der Waals surface area contributed by atoms with Crippen molar-refractivity contribution in [3.63, 3.8) is 0 Å². The molecule has 2 heterocycles. The first-order valence-electron chi connectivity index (χ1n) is 8.94. The number of rotatable bonds is 6. The number of hydrogen-bond acceptors (Lipinski definition) is 5. The number of nitrogens with zero attached hydrogens (tertiary/aromatic N) is 3. The lowest BCUT2D eigenvalue weighted by Crippen LogP contribution is -2.44. The molecule has 0 radical (unpaired) electrons. The van der Waals surface area contributed by atoms with Gasteiger partial charge in [0.1, 0.15) is 0 Å². The fourth-order valence-electron chi connectivity index (χ4n) is 3.70. The molecule has 1 amide bonds. The van der Waals surface area contributed by atoms with Crippen molar-refractivity contribution < 1.29 is 14.3 Å². The second-order valence-electron chi connectivity index (χ2n) is 6.66. The quantitative estimate of drug-likeness (QED) is 0.791. The van der Waals surface area contributed by atoms with E-state index < -0.39 is 0 Å². The number of hydrogen-bond donors (Lipinski definition) is 0. The molecular formula is C19H25N3O3. The normalized spacial score (nSPS) is 20.5. The number of ether oxygens (including phenoxy) is 2. The molecule has 2 aliphatic heterocycles. The molecule has 1 atom stereocenters. The Bertz CT molecular complexity index is 650. The molecule has 0 aromatic heterocycles.